The maximum Gasteiger partial charge on any atom is 0.254 e. The highest BCUT2D eigenvalue weighted by atomic mass is 79.9. The van der Waals surface area contributed by atoms with Crippen LogP contribution in [0.25, 0.3) is 0 Å². The number of hydrogen-bond donors (Lipinski definition) is 1. The number of hydrogen-bond acceptors (Lipinski definition) is 1. The maximum absolute atomic E-state index is 13.5. The molecule has 2 nitrogen and oxygen atoms in total. The summed E-state index contributed by atoms with van der Waals surface area (Å²) in [5.41, 5.74) is 0.0127. The lowest BCUT2D eigenvalue weighted by atomic mass is 9.89. The minimum absolute atomic E-state index is 0.0127. The lowest BCUT2D eigenvalue weighted by Crippen LogP contribution is -2.32. The van der Waals surface area contributed by atoms with E-state index >= 15 is 0 Å². The molecule has 19 heavy (non-hydrogen) atoms. The van der Waals surface area contributed by atoms with Crippen molar-refractivity contribution in [2.45, 2.75) is 30.5 Å². The van der Waals surface area contributed by atoms with Crippen molar-refractivity contribution in [1.82, 2.24) is 5.32 Å². The Morgan fingerprint density at radius 1 is 1.47 bits per heavy atom. The van der Waals surface area contributed by atoms with Crippen molar-refractivity contribution in [3.63, 3.8) is 0 Å². The Kier molecular flexibility index (Phi) is 5.22. The Labute approximate surface area is 125 Å². The summed E-state index contributed by atoms with van der Waals surface area (Å²) in [5, 5.41) is 3.16. The standard InChI is InChI=1S/C14H16BrClFNO/c15-10-3-1-2-9(6-10)8-18-14(19)12-7-11(16)4-5-13(12)17/h4-5,7,9-10H,1-3,6,8H2,(H,18,19). The van der Waals surface area contributed by atoms with E-state index in [1.54, 1.807) is 0 Å². The minimum Gasteiger partial charge on any atom is -0.352 e. The molecule has 5 heteroatoms. The molecule has 2 unspecified atom stereocenters. The summed E-state index contributed by atoms with van der Waals surface area (Å²) in [7, 11) is 0. The first-order chi connectivity index (χ1) is 9.06. The molecule has 1 saturated carbocycles. The van der Waals surface area contributed by atoms with E-state index in [0.29, 0.717) is 22.3 Å². The van der Waals surface area contributed by atoms with Crippen molar-refractivity contribution in [3.8, 4) is 0 Å². The van der Waals surface area contributed by atoms with Gasteiger partial charge in [0.25, 0.3) is 5.91 Å². The first kappa shape index (κ1) is 14.8. The van der Waals surface area contributed by atoms with Crippen LogP contribution in [0.4, 0.5) is 4.39 Å². The van der Waals surface area contributed by atoms with Crippen LogP contribution in [0.1, 0.15) is 36.0 Å². The topological polar surface area (TPSA) is 29.1 Å². The number of nitrogens with one attached hydrogen (secondary N) is 1. The summed E-state index contributed by atoms with van der Waals surface area (Å²) >= 11 is 9.39. The van der Waals surface area contributed by atoms with E-state index in [0.717, 1.165) is 12.8 Å². The highest BCUT2D eigenvalue weighted by Crippen LogP contribution is 2.28. The van der Waals surface area contributed by atoms with Crippen LogP contribution in [0.5, 0.6) is 0 Å². The van der Waals surface area contributed by atoms with Crippen molar-refractivity contribution in [2.24, 2.45) is 5.92 Å². The van der Waals surface area contributed by atoms with E-state index in [-0.39, 0.29) is 5.56 Å². The summed E-state index contributed by atoms with van der Waals surface area (Å²) < 4.78 is 13.5. The first-order valence-electron chi connectivity index (χ1n) is 6.43. The SMILES string of the molecule is O=C(NCC1CCCC(Br)C1)c1cc(Cl)ccc1F. The molecular weight excluding hydrogens is 333 g/mol. The number of amides is 1. The van der Waals surface area contributed by atoms with Crippen LogP contribution in [-0.4, -0.2) is 17.3 Å². The summed E-state index contributed by atoms with van der Waals surface area (Å²) in [4.78, 5) is 12.5. The molecular formula is C14H16BrClFNO. The number of halogens is 3. The van der Waals surface area contributed by atoms with Crippen LogP contribution < -0.4 is 5.32 Å². The van der Waals surface area contributed by atoms with Crippen molar-refractivity contribution in [1.29, 1.82) is 0 Å². The third kappa shape index (κ3) is 4.18. The van der Waals surface area contributed by atoms with Gasteiger partial charge in [0.1, 0.15) is 5.82 Å². The Morgan fingerprint density at radius 3 is 3.00 bits per heavy atom. The predicted octanol–water partition coefficient (Wildman–Crippen LogP) is 4.16. The summed E-state index contributed by atoms with van der Waals surface area (Å²) in [5.74, 6) is -0.468. The Bertz CT molecular complexity index is 469. The first-order valence-corrected chi connectivity index (χ1v) is 7.73. The number of carbonyl (C=O) groups excluding carboxylic acids is 1. The van der Waals surface area contributed by atoms with Crippen molar-refractivity contribution in [2.75, 3.05) is 6.54 Å². The molecule has 0 bridgehead atoms. The lowest BCUT2D eigenvalue weighted by molar-refractivity contribution is 0.0940. The molecule has 2 atom stereocenters. The third-order valence-corrected chi connectivity index (χ3v) is 4.51. The average Bonchev–Trinajstić information content (AvgIpc) is 2.39. The monoisotopic (exact) mass is 347 g/mol. The molecule has 1 fully saturated rings. The average molecular weight is 349 g/mol. The van der Waals surface area contributed by atoms with Crippen LogP contribution >= 0.6 is 27.5 Å². The van der Waals surface area contributed by atoms with Gasteiger partial charge >= 0.3 is 0 Å². The molecule has 0 heterocycles. The van der Waals surface area contributed by atoms with Gasteiger partial charge in [-0.25, -0.2) is 4.39 Å². The lowest BCUT2D eigenvalue weighted by Gasteiger charge is -2.25. The molecule has 1 N–H and O–H groups in total. The zero-order chi connectivity index (χ0) is 13.8. The molecule has 1 aliphatic carbocycles. The van der Waals surface area contributed by atoms with Crippen LogP contribution in [-0.2, 0) is 0 Å². The van der Waals surface area contributed by atoms with Crippen LogP contribution in [0.2, 0.25) is 5.02 Å². The van der Waals surface area contributed by atoms with Gasteiger partial charge in [-0.15, -0.1) is 0 Å². The van der Waals surface area contributed by atoms with Crippen LogP contribution in [0, 0.1) is 11.7 Å². The number of rotatable bonds is 3. The largest absolute Gasteiger partial charge is 0.352 e. The van der Waals surface area contributed by atoms with E-state index in [9.17, 15) is 9.18 Å². The van der Waals surface area contributed by atoms with Gasteiger partial charge in [-0.1, -0.05) is 34.0 Å². The highest BCUT2D eigenvalue weighted by molar-refractivity contribution is 9.09. The fraction of sp³-hybridized carbons (Fsp3) is 0.500. The molecule has 1 amide bonds. The molecule has 0 aliphatic heterocycles. The summed E-state index contributed by atoms with van der Waals surface area (Å²) in [6.07, 6.45) is 4.52. The molecule has 0 aromatic heterocycles. The van der Waals surface area contributed by atoms with Crippen LogP contribution in [0.3, 0.4) is 0 Å². The smallest absolute Gasteiger partial charge is 0.254 e. The van der Waals surface area contributed by atoms with Crippen molar-refractivity contribution in [3.05, 3.63) is 34.6 Å². The molecule has 1 aromatic carbocycles. The molecule has 104 valence electrons. The van der Waals surface area contributed by atoms with E-state index in [1.165, 1.54) is 31.0 Å². The van der Waals surface area contributed by atoms with Gasteiger partial charge in [0.05, 0.1) is 5.56 Å². The van der Waals surface area contributed by atoms with E-state index in [2.05, 4.69) is 21.2 Å². The molecule has 2 rings (SSSR count). The van der Waals surface area contributed by atoms with E-state index in [1.807, 2.05) is 0 Å². The minimum atomic E-state index is -0.538. The van der Waals surface area contributed by atoms with Gasteiger partial charge in [0.15, 0.2) is 0 Å². The molecule has 1 aromatic rings. The Balaban J connectivity index is 1.92. The maximum atomic E-state index is 13.5. The summed E-state index contributed by atoms with van der Waals surface area (Å²) in [6, 6.07) is 4.01. The number of alkyl halides is 1. The second-order valence-corrected chi connectivity index (χ2v) is 6.70. The predicted molar refractivity (Wildman–Crippen MR) is 78.4 cm³/mol. The normalized spacial score (nSPS) is 23.1. The van der Waals surface area contributed by atoms with E-state index < -0.39 is 11.7 Å². The quantitative estimate of drug-likeness (QED) is 0.816. The van der Waals surface area contributed by atoms with E-state index in [4.69, 9.17) is 11.6 Å². The second-order valence-electron chi connectivity index (χ2n) is 4.96. The van der Waals surface area contributed by atoms with Gasteiger partial charge in [0, 0.05) is 16.4 Å². The van der Waals surface area contributed by atoms with Gasteiger partial charge in [-0.2, -0.15) is 0 Å². The van der Waals surface area contributed by atoms with Gasteiger partial charge < -0.3 is 5.32 Å². The van der Waals surface area contributed by atoms with Crippen LogP contribution in [0.15, 0.2) is 18.2 Å². The summed E-state index contributed by atoms with van der Waals surface area (Å²) in [6.45, 7) is 0.590. The molecule has 1 aliphatic rings. The molecule has 0 saturated heterocycles. The van der Waals surface area contributed by atoms with Gasteiger partial charge in [0.2, 0.25) is 0 Å². The number of benzene rings is 1. The fourth-order valence-electron chi connectivity index (χ4n) is 2.41. The second kappa shape index (κ2) is 6.71. The zero-order valence-electron chi connectivity index (χ0n) is 10.5. The highest BCUT2D eigenvalue weighted by Gasteiger charge is 2.21. The van der Waals surface area contributed by atoms with Gasteiger partial charge in [-0.05, 0) is 43.4 Å². The fourth-order valence-corrected chi connectivity index (χ4v) is 3.44. The van der Waals surface area contributed by atoms with Gasteiger partial charge in [-0.3, -0.25) is 4.79 Å². The Morgan fingerprint density at radius 2 is 2.26 bits per heavy atom. The Hall–Kier alpha value is -0.610. The zero-order valence-corrected chi connectivity index (χ0v) is 12.8. The third-order valence-electron chi connectivity index (χ3n) is 3.44. The molecule has 0 radical (unpaired) electrons. The number of carbonyl (C=O) groups is 1. The van der Waals surface area contributed by atoms with Crippen molar-refractivity contribution < 1.29 is 9.18 Å². The molecule has 0 spiro atoms. The van der Waals surface area contributed by atoms with Crippen molar-refractivity contribution >= 4 is 33.4 Å².